The Morgan fingerprint density at radius 2 is 2.04 bits per heavy atom. The van der Waals surface area contributed by atoms with Gasteiger partial charge in [-0.2, -0.15) is 5.10 Å². The van der Waals surface area contributed by atoms with E-state index in [1.807, 2.05) is 18.5 Å². The van der Waals surface area contributed by atoms with E-state index in [9.17, 15) is 13.2 Å². The fraction of sp³-hybridized carbons (Fsp3) is 0.474. The number of ether oxygens (including phenoxy) is 2. The molecule has 1 atom stereocenters. The highest BCUT2D eigenvalue weighted by Crippen LogP contribution is 2.33. The second-order valence-electron chi connectivity index (χ2n) is 7.38. The van der Waals surface area contributed by atoms with Gasteiger partial charge in [0.1, 0.15) is 0 Å². The third-order valence-electron chi connectivity index (χ3n) is 5.39. The number of sulfone groups is 1. The highest BCUT2D eigenvalue weighted by molar-refractivity contribution is 7.91. The minimum absolute atomic E-state index is 0.125. The standard InChI is InChI=1S/C19H23N3O5S/c1-12-16(13(2)22(20-12)15-6-7-28(24,25)10-15)9-21(3)19(23)14-4-5-17-18(8-14)27-11-26-17/h4-5,8,15H,6-7,9-11H2,1-3H3/t15-/m1/s1. The third-order valence-corrected chi connectivity index (χ3v) is 7.14. The summed E-state index contributed by atoms with van der Waals surface area (Å²) < 4.78 is 36.1. The molecule has 1 amide bonds. The van der Waals surface area contributed by atoms with Crippen LogP contribution in [0.1, 0.15) is 39.8 Å². The number of carbonyl (C=O) groups is 1. The van der Waals surface area contributed by atoms with Gasteiger partial charge >= 0.3 is 0 Å². The number of hydrogen-bond donors (Lipinski definition) is 0. The highest BCUT2D eigenvalue weighted by atomic mass is 32.2. The second-order valence-corrected chi connectivity index (χ2v) is 9.61. The molecule has 28 heavy (non-hydrogen) atoms. The van der Waals surface area contributed by atoms with Crippen LogP contribution in [0.3, 0.4) is 0 Å². The molecule has 0 bridgehead atoms. The molecule has 1 saturated heterocycles. The molecular weight excluding hydrogens is 382 g/mol. The van der Waals surface area contributed by atoms with Gasteiger partial charge in [0.05, 0.1) is 23.2 Å². The fourth-order valence-corrected chi connectivity index (χ4v) is 5.50. The summed E-state index contributed by atoms with van der Waals surface area (Å²) in [6.45, 7) is 4.38. The quantitative estimate of drug-likeness (QED) is 0.771. The zero-order valence-electron chi connectivity index (χ0n) is 16.1. The van der Waals surface area contributed by atoms with Crippen LogP contribution in [0.4, 0.5) is 0 Å². The van der Waals surface area contributed by atoms with Crippen LogP contribution < -0.4 is 9.47 Å². The summed E-state index contributed by atoms with van der Waals surface area (Å²) >= 11 is 0. The first-order valence-corrected chi connectivity index (χ1v) is 11.0. The smallest absolute Gasteiger partial charge is 0.254 e. The summed E-state index contributed by atoms with van der Waals surface area (Å²) in [4.78, 5) is 14.5. The van der Waals surface area contributed by atoms with Crippen molar-refractivity contribution < 1.29 is 22.7 Å². The normalized spacial score (nSPS) is 19.8. The van der Waals surface area contributed by atoms with E-state index in [1.54, 1.807) is 30.1 Å². The van der Waals surface area contributed by atoms with Crippen LogP contribution in [-0.4, -0.2) is 54.4 Å². The van der Waals surface area contributed by atoms with Crippen LogP contribution in [0, 0.1) is 13.8 Å². The molecule has 3 heterocycles. The Morgan fingerprint density at radius 3 is 2.75 bits per heavy atom. The summed E-state index contributed by atoms with van der Waals surface area (Å²) in [5, 5.41) is 4.57. The highest BCUT2D eigenvalue weighted by Gasteiger charge is 2.31. The average Bonchev–Trinajstić information content (AvgIpc) is 3.33. The third kappa shape index (κ3) is 3.34. The minimum atomic E-state index is -2.99. The Morgan fingerprint density at radius 1 is 1.29 bits per heavy atom. The van der Waals surface area contributed by atoms with Gasteiger partial charge in [0.25, 0.3) is 5.91 Å². The molecule has 0 aliphatic carbocycles. The first-order chi connectivity index (χ1) is 13.2. The van der Waals surface area contributed by atoms with Crippen molar-refractivity contribution in [1.29, 1.82) is 0 Å². The van der Waals surface area contributed by atoms with Crippen molar-refractivity contribution in [2.24, 2.45) is 0 Å². The molecule has 4 rings (SSSR count). The Labute approximate surface area is 164 Å². The van der Waals surface area contributed by atoms with Crippen molar-refractivity contribution >= 4 is 15.7 Å². The minimum Gasteiger partial charge on any atom is -0.454 e. The Hall–Kier alpha value is -2.55. The second kappa shape index (κ2) is 6.80. The van der Waals surface area contributed by atoms with Crippen molar-refractivity contribution in [2.45, 2.75) is 32.9 Å². The van der Waals surface area contributed by atoms with Gasteiger partial charge in [0.15, 0.2) is 21.3 Å². The van der Waals surface area contributed by atoms with Crippen LogP contribution in [0.5, 0.6) is 11.5 Å². The summed E-state index contributed by atoms with van der Waals surface area (Å²) in [7, 11) is -1.25. The van der Waals surface area contributed by atoms with E-state index < -0.39 is 9.84 Å². The van der Waals surface area contributed by atoms with E-state index in [1.165, 1.54) is 0 Å². The Bertz CT molecular complexity index is 1040. The average molecular weight is 405 g/mol. The van der Waals surface area contributed by atoms with E-state index in [-0.39, 0.29) is 30.2 Å². The number of hydrogen-bond acceptors (Lipinski definition) is 6. The number of fused-ring (bicyclic) bond motifs is 1. The van der Waals surface area contributed by atoms with Crippen molar-refractivity contribution in [3.05, 3.63) is 40.7 Å². The van der Waals surface area contributed by atoms with Crippen LogP contribution >= 0.6 is 0 Å². The van der Waals surface area contributed by atoms with Gasteiger partial charge in [-0.15, -0.1) is 0 Å². The molecule has 0 unspecified atom stereocenters. The van der Waals surface area contributed by atoms with Gasteiger partial charge in [-0.1, -0.05) is 0 Å². The number of aryl methyl sites for hydroxylation is 1. The maximum absolute atomic E-state index is 12.8. The predicted octanol–water partition coefficient (Wildman–Crippen LogP) is 1.86. The number of aromatic nitrogens is 2. The van der Waals surface area contributed by atoms with E-state index in [0.29, 0.717) is 30.0 Å². The van der Waals surface area contributed by atoms with Crippen LogP contribution in [-0.2, 0) is 16.4 Å². The molecule has 0 N–H and O–H groups in total. The fourth-order valence-electron chi connectivity index (χ4n) is 3.81. The lowest BCUT2D eigenvalue weighted by Gasteiger charge is -2.18. The van der Waals surface area contributed by atoms with E-state index >= 15 is 0 Å². The van der Waals surface area contributed by atoms with Crippen LogP contribution in [0.2, 0.25) is 0 Å². The number of rotatable bonds is 4. The zero-order valence-corrected chi connectivity index (χ0v) is 17.0. The number of nitrogens with zero attached hydrogens (tertiary/aromatic N) is 3. The molecule has 1 aromatic carbocycles. The van der Waals surface area contributed by atoms with Crippen LogP contribution in [0.15, 0.2) is 18.2 Å². The largest absolute Gasteiger partial charge is 0.454 e. The van der Waals surface area contributed by atoms with Gasteiger partial charge in [-0.3, -0.25) is 9.48 Å². The van der Waals surface area contributed by atoms with Crippen molar-refractivity contribution in [2.75, 3.05) is 25.3 Å². The molecule has 0 radical (unpaired) electrons. The van der Waals surface area contributed by atoms with Gasteiger partial charge in [-0.05, 0) is 38.5 Å². The number of carbonyl (C=O) groups excluding carboxylic acids is 1. The summed E-state index contributed by atoms with van der Waals surface area (Å²) in [6.07, 6.45) is 0.579. The lowest BCUT2D eigenvalue weighted by molar-refractivity contribution is 0.0784. The molecule has 2 aliphatic rings. The SMILES string of the molecule is Cc1nn([C@@H]2CCS(=O)(=O)C2)c(C)c1CN(C)C(=O)c1ccc2c(c1)OCO2. The van der Waals surface area contributed by atoms with Crippen molar-refractivity contribution in [3.8, 4) is 11.5 Å². The molecule has 2 aliphatic heterocycles. The van der Waals surface area contributed by atoms with Gasteiger partial charge < -0.3 is 14.4 Å². The van der Waals surface area contributed by atoms with Crippen molar-refractivity contribution in [1.82, 2.24) is 14.7 Å². The molecule has 150 valence electrons. The first-order valence-electron chi connectivity index (χ1n) is 9.15. The Kier molecular flexibility index (Phi) is 4.57. The Balaban J connectivity index is 1.53. The van der Waals surface area contributed by atoms with E-state index in [4.69, 9.17) is 9.47 Å². The van der Waals surface area contributed by atoms with E-state index in [0.717, 1.165) is 17.0 Å². The number of amides is 1. The molecule has 9 heteroatoms. The predicted molar refractivity (Wildman–Crippen MR) is 102 cm³/mol. The molecule has 1 aromatic heterocycles. The van der Waals surface area contributed by atoms with Gasteiger partial charge in [0.2, 0.25) is 6.79 Å². The van der Waals surface area contributed by atoms with Crippen LogP contribution in [0.25, 0.3) is 0 Å². The lowest BCUT2D eigenvalue weighted by Crippen LogP contribution is -2.26. The maximum atomic E-state index is 12.8. The first kappa shape index (κ1) is 18.8. The molecule has 8 nitrogen and oxygen atoms in total. The maximum Gasteiger partial charge on any atom is 0.254 e. The molecular formula is C19H23N3O5S. The van der Waals surface area contributed by atoms with Crippen molar-refractivity contribution in [3.63, 3.8) is 0 Å². The number of benzene rings is 1. The van der Waals surface area contributed by atoms with E-state index in [2.05, 4.69) is 5.10 Å². The summed E-state index contributed by atoms with van der Waals surface area (Å²) in [6, 6.07) is 5.01. The van der Waals surface area contributed by atoms with Gasteiger partial charge in [-0.25, -0.2) is 8.42 Å². The monoisotopic (exact) mass is 405 g/mol. The van der Waals surface area contributed by atoms with Gasteiger partial charge in [0, 0.05) is 30.4 Å². The molecule has 2 aromatic rings. The molecule has 1 fully saturated rings. The summed E-state index contributed by atoms with van der Waals surface area (Å²) in [5.41, 5.74) is 3.19. The molecule has 0 saturated carbocycles. The zero-order chi connectivity index (χ0) is 20.1. The summed E-state index contributed by atoms with van der Waals surface area (Å²) in [5.74, 6) is 1.41. The topological polar surface area (TPSA) is 90.7 Å². The molecule has 0 spiro atoms. The lowest BCUT2D eigenvalue weighted by atomic mass is 10.1.